The maximum Gasteiger partial charge on any atom is 0.261 e. The van der Waals surface area contributed by atoms with Gasteiger partial charge in [0.2, 0.25) is 0 Å². The van der Waals surface area contributed by atoms with E-state index in [1.807, 2.05) is 24.3 Å². The van der Waals surface area contributed by atoms with Crippen LogP contribution < -0.4 is 10.7 Å². The van der Waals surface area contributed by atoms with Crippen LogP contribution in [0.5, 0.6) is 0 Å². The fraction of sp³-hybridized carbons (Fsp3) is 0.250. The molecule has 0 bridgehead atoms. The van der Waals surface area contributed by atoms with Gasteiger partial charge in [-0.25, -0.2) is 0 Å². The van der Waals surface area contributed by atoms with Gasteiger partial charge in [-0.05, 0) is 25.0 Å². The fourth-order valence-corrected chi connectivity index (χ4v) is 2.01. The van der Waals surface area contributed by atoms with Crippen LogP contribution in [0.1, 0.15) is 21.6 Å². The maximum absolute atomic E-state index is 12.2. The number of anilines is 1. The topological polar surface area (TPSA) is 71.2 Å². The van der Waals surface area contributed by atoms with Gasteiger partial charge >= 0.3 is 0 Å². The third-order valence-corrected chi connectivity index (χ3v) is 3.14. The Kier molecular flexibility index (Phi) is 4.90. The van der Waals surface area contributed by atoms with Crippen molar-refractivity contribution in [1.29, 1.82) is 0 Å². The molecular formula is C16H18N2O3. The first-order chi connectivity index (χ1) is 10.1. The van der Waals surface area contributed by atoms with Crippen LogP contribution in [0.4, 0.5) is 5.69 Å². The second-order valence-electron chi connectivity index (χ2n) is 4.75. The van der Waals surface area contributed by atoms with E-state index in [0.717, 1.165) is 11.3 Å². The molecule has 5 heteroatoms. The van der Waals surface area contributed by atoms with E-state index >= 15 is 0 Å². The van der Waals surface area contributed by atoms with Crippen molar-refractivity contribution in [1.82, 2.24) is 4.98 Å². The number of ether oxygens (including phenoxy) is 1. The molecule has 2 rings (SSSR count). The predicted octanol–water partition coefficient (Wildman–Crippen LogP) is 2.12. The highest BCUT2D eigenvalue weighted by atomic mass is 16.5. The molecule has 0 fully saturated rings. The molecule has 0 atom stereocenters. The minimum Gasteiger partial charge on any atom is -0.384 e. The molecule has 0 saturated carbocycles. The Morgan fingerprint density at radius 3 is 2.81 bits per heavy atom. The van der Waals surface area contributed by atoms with Gasteiger partial charge in [-0.3, -0.25) is 9.59 Å². The molecule has 110 valence electrons. The molecule has 0 aliphatic rings. The lowest BCUT2D eigenvalue weighted by atomic mass is 10.1. The van der Waals surface area contributed by atoms with E-state index in [4.69, 9.17) is 4.74 Å². The Labute approximate surface area is 123 Å². The van der Waals surface area contributed by atoms with E-state index in [1.165, 1.54) is 12.3 Å². The SMILES string of the molecule is COCCc1ccccc1NC(=O)c1c[nH]c(C)cc1=O. The molecule has 0 radical (unpaired) electrons. The Balaban J connectivity index is 2.21. The first kappa shape index (κ1) is 15.0. The molecule has 2 aromatic rings. The van der Waals surface area contributed by atoms with Crippen LogP contribution in [0, 0.1) is 6.92 Å². The van der Waals surface area contributed by atoms with E-state index in [9.17, 15) is 9.59 Å². The lowest BCUT2D eigenvalue weighted by molar-refractivity contribution is 0.102. The van der Waals surface area contributed by atoms with Gasteiger partial charge in [-0.2, -0.15) is 0 Å². The summed E-state index contributed by atoms with van der Waals surface area (Å²) in [5, 5.41) is 2.78. The van der Waals surface area contributed by atoms with E-state index < -0.39 is 5.91 Å². The third-order valence-electron chi connectivity index (χ3n) is 3.14. The Morgan fingerprint density at radius 2 is 2.10 bits per heavy atom. The van der Waals surface area contributed by atoms with E-state index in [1.54, 1.807) is 14.0 Å². The largest absolute Gasteiger partial charge is 0.384 e. The molecule has 21 heavy (non-hydrogen) atoms. The number of aromatic amines is 1. The molecular weight excluding hydrogens is 268 g/mol. The van der Waals surface area contributed by atoms with Crippen molar-refractivity contribution in [2.75, 3.05) is 19.0 Å². The van der Waals surface area contributed by atoms with Crippen LogP contribution >= 0.6 is 0 Å². The summed E-state index contributed by atoms with van der Waals surface area (Å²) in [4.78, 5) is 26.9. The number of aryl methyl sites for hydroxylation is 1. The number of nitrogens with one attached hydrogen (secondary N) is 2. The zero-order valence-electron chi connectivity index (χ0n) is 12.1. The van der Waals surface area contributed by atoms with Crippen LogP contribution in [-0.4, -0.2) is 24.6 Å². The minimum absolute atomic E-state index is 0.0992. The van der Waals surface area contributed by atoms with E-state index in [2.05, 4.69) is 10.3 Å². The summed E-state index contributed by atoms with van der Waals surface area (Å²) in [7, 11) is 1.63. The van der Waals surface area contributed by atoms with Gasteiger partial charge in [0.05, 0.1) is 6.61 Å². The van der Waals surface area contributed by atoms with Gasteiger partial charge in [0.25, 0.3) is 5.91 Å². The summed E-state index contributed by atoms with van der Waals surface area (Å²) in [5.41, 5.74) is 2.19. The summed E-state index contributed by atoms with van der Waals surface area (Å²) in [6.45, 7) is 2.33. The van der Waals surface area contributed by atoms with Crippen molar-refractivity contribution in [2.45, 2.75) is 13.3 Å². The van der Waals surface area contributed by atoms with Gasteiger partial charge in [-0.1, -0.05) is 18.2 Å². The normalized spacial score (nSPS) is 10.4. The number of amides is 1. The number of rotatable bonds is 5. The zero-order chi connectivity index (χ0) is 15.2. The summed E-state index contributed by atoms with van der Waals surface area (Å²) < 4.78 is 5.05. The van der Waals surface area contributed by atoms with Gasteiger partial charge in [0, 0.05) is 30.8 Å². The molecule has 0 aliphatic heterocycles. The fourth-order valence-electron chi connectivity index (χ4n) is 2.01. The standard InChI is InChI=1S/C16H18N2O3/c1-11-9-15(19)13(10-17-11)16(20)18-14-6-4-3-5-12(14)7-8-21-2/h3-6,9-10H,7-8H2,1-2H3,(H,17,19)(H,18,20). The first-order valence-electron chi connectivity index (χ1n) is 6.69. The van der Waals surface area contributed by atoms with Gasteiger partial charge in [0.15, 0.2) is 5.43 Å². The predicted molar refractivity (Wildman–Crippen MR) is 81.8 cm³/mol. The molecule has 1 aromatic carbocycles. The number of benzene rings is 1. The highest BCUT2D eigenvalue weighted by Gasteiger charge is 2.12. The molecule has 0 aliphatic carbocycles. The van der Waals surface area contributed by atoms with Crippen LogP contribution in [0.3, 0.4) is 0 Å². The average Bonchev–Trinajstić information content (AvgIpc) is 2.46. The average molecular weight is 286 g/mol. The number of carbonyl (C=O) groups excluding carboxylic acids is 1. The number of H-pyrrole nitrogens is 1. The van der Waals surface area contributed by atoms with Crippen molar-refractivity contribution in [3.05, 3.63) is 63.6 Å². The summed E-state index contributed by atoms with van der Waals surface area (Å²) in [6, 6.07) is 8.88. The van der Waals surface area contributed by atoms with Crippen molar-refractivity contribution in [3.8, 4) is 0 Å². The van der Waals surface area contributed by atoms with Gasteiger partial charge < -0.3 is 15.0 Å². The number of hydrogen-bond donors (Lipinski definition) is 2. The molecule has 5 nitrogen and oxygen atoms in total. The van der Waals surface area contributed by atoms with Gasteiger partial charge in [-0.15, -0.1) is 0 Å². The number of para-hydroxylation sites is 1. The van der Waals surface area contributed by atoms with Crippen molar-refractivity contribution >= 4 is 11.6 Å². The number of aromatic nitrogens is 1. The first-order valence-corrected chi connectivity index (χ1v) is 6.69. The lowest BCUT2D eigenvalue weighted by Crippen LogP contribution is -2.22. The minimum atomic E-state index is -0.416. The Morgan fingerprint density at radius 1 is 1.33 bits per heavy atom. The third kappa shape index (κ3) is 3.79. The molecule has 0 spiro atoms. The highest BCUT2D eigenvalue weighted by molar-refractivity contribution is 6.04. The summed E-state index contributed by atoms with van der Waals surface area (Å²) in [5.74, 6) is -0.416. The molecule has 1 heterocycles. The molecule has 1 aromatic heterocycles. The smallest absolute Gasteiger partial charge is 0.261 e. The molecule has 0 unspecified atom stereocenters. The van der Waals surface area contributed by atoms with Crippen molar-refractivity contribution in [3.63, 3.8) is 0 Å². The van der Waals surface area contributed by atoms with Crippen molar-refractivity contribution in [2.24, 2.45) is 0 Å². The van der Waals surface area contributed by atoms with Crippen LogP contribution in [0.15, 0.2) is 41.3 Å². The summed E-state index contributed by atoms with van der Waals surface area (Å²) in [6.07, 6.45) is 2.13. The highest BCUT2D eigenvalue weighted by Crippen LogP contribution is 2.16. The van der Waals surface area contributed by atoms with Crippen LogP contribution in [-0.2, 0) is 11.2 Å². The Bertz CT molecular complexity index is 692. The molecule has 1 amide bonds. The van der Waals surface area contributed by atoms with Crippen LogP contribution in [0.25, 0.3) is 0 Å². The van der Waals surface area contributed by atoms with E-state index in [-0.39, 0.29) is 11.0 Å². The number of methoxy groups -OCH3 is 1. The number of pyridine rings is 1. The van der Waals surface area contributed by atoms with E-state index in [0.29, 0.717) is 18.7 Å². The number of hydrogen-bond acceptors (Lipinski definition) is 3. The second-order valence-corrected chi connectivity index (χ2v) is 4.75. The summed E-state index contributed by atoms with van der Waals surface area (Å²) >= 11 is 0. The van der Waals surface area contributed by atoms with Crippen LogP contribution in [0.2, 0.25) is 0 Å². The second kappa shape index (κ2) is 6.85. The zero-order valence-corrected chi connectivity index (χ0v) is 12.1. The molecule has 2 N–H and O–H groups in total. The number of carbonyl (C=O) groups is 1. The molecule has 0 saturated heterocycles. The Hall–Kier alpha value is -2.40. The van der Waals surface area contributed by atoms with Gasteiger partial charge in [0.1, 0.15) is 5.56 Å². The lowest BCUT2D eigenvalue weighted by Gasteiger charge is -2.10. The monoisotopic (exact) mass is 286 g/mol. The quantitative estimate of drug-likeness (QED) is 0.884. The maximum atomic E-state index is 12.2. The van der Waals surface area contributed by atoms with Crippen molar-refractivity contribution < 1.29 is 9.53 Å².